The second-order valence-corrected chi connectivity index (χ2v) is 4.41. The highest BCUT2D eigenvalue weighted by atomic mass is 32.2. The Hall–Kier alpha value is -0.150. The first kappa shape index (κ1) is 10.9. The van der Waals surface area contributed by atoms with Crippen LogP contribution in [-0.2, 0) is 4.74 Å². The fraction of sp³-hybridized carbons (Fsp3) is 0.800. The van der Waals surface area contributed by atoms with Gasteiger partial charge in [-0.3, -0.25) is 0 Å². The van der Waals surface area contributed by atoms with E-state index in [-0.39, 0.29) is 0 Å². The Morgan fingerprint density at radius 3 is 3.23 bits per heavy atom. The maximum absolute atomic E-state index is 5.04. The predicted octanol–water partition coefficient (Wildman–Crippen LogP) is 2.02. The Labute approximate surface area is 85.1 Å². The molecule has 0 amide bonds. The summed E-state index contributed by atoms with van der Waals surface area (Å²) in [6, 6.07) is 0.738. The van der Waals surface area contributed by atoms with Crippen LogP contribution in [0, 0.1) is 0 Å². The minimum Gasteiger partial charge on any atom is -0.502 e. The molecule has 1 N–H and O–H groups in total. The molecule has 0 aliphatic carbocycles. The number of hydrogen-bond donors (Lipinski definition) is 1. The Morgan fingerprint density at radius 1 is 1.62 bits per heavy atom. The Balaban J connectivity index is 1.89. The van der Waals surface area contributed by atoms with Crippen molar-refractivity contribution in [3.8, 4) is 0 Å². The Bertz CT molecular complexity index is 135. The molecule has 1 heterocycles. The van der Waals surface area contributed by atoms with Gasteiger partial charge in [0.1, 0.15) is 0 Å². The van der Waals surface area contributed by atoms with Gasteiger partial charge in [-0.05, 0) is 31.6 Å². The van der Waals surface area contributed by atoms with E-state index >= 15 is 0 Å². The highest BCUT2D eigenvalue weighted by Gasteiger charge is 2.11. The van der Waals surface area contributed by atoms with Crippen molar-refractivity contribution in [2.75, 3.05) is 24.7 Å². The van der Waals surface area contributed by atoms with Crippen LogP contribution in [0.3, 0.4) is 0 Å². The van der Waals surface area contributed by atoms with E-state index in [1.807, 2.05) is 0 Å². The van der Waals surface area contributed by atoms with Crippen LogP contribution in [0.1, 0.15) is 19.3 Å². The first-order chi connectivity index (χ1) is 6.43. The molecule has 2 nitrogen and oxygen atoms in total. The lowest BCUT2D eigenvalue weighted by Crippen LogP contribution is -2.34. The summed E-state index contributed by atoms with van der Waals surface area (Å²) in [6.45, 7) is 5.36. The molecule has 13 heavy (non-hydrogen) atoms. The monoisotopic (exact) mass is 201 g/mol. The third kappa shape index (κ3) is 5.21. The van der Waals surface area contributed by atoms with E-state index in [0.29, 0.717) is 0 Å². The van der Waals surface area contributed by atoms with Crippen molar-refractivity contribution in [3.05, 3.63) is 12.8 Å². The van der Waals surface area contributed by atoms with E-state index in [2.05, 4.69) is 23.7 Å². The van der Waals surface area contributed by atoms with Gasteiger partial charge in [-0.1, -0.05) is 6.58 Å². The average molecular weight is 201 g/mol. The van der Waals surface area contributed by atoms with Crippen molar-refractivity contribution in [2.45, 2.75) is 25.3 Å². The van der Waals surface area contributed by atoms with Crippen LogP contribution in [0.2, 0.25) is 0 Å². The second-order valence-electron chi connectivity index (χ2n) is 3.26. The molecule has 0 spiro atoms. The number of nitrogens with one attached hydrogen (secondary N) is 1. The summed E-state index contributed by atoms with van der Waals surface area (Å²) in [5.74, 6) is 2.63. The van der Waals surface area contributed by atoms with E-state index in [4.69, 9.17) is 4.74 Å². The molecule has 0 aromatic rings. The van der Waals surface area contributed by atoms with Crippen LogP contribution in [0.4, 0.5) is 0 Å². The lowest BCUT2D eigenvalue weighted by atomic mass is 10.2. The van der Waals surface area contributed by atoms with Crippen molar-refractivity contribution in [1.29, 1.82) is 0 Å². The molecule has 0 radical (unpaired) electrons. The summed E-state index contributed by atoms with van der Waals surface area (Å²) in [4.78, 5) is 0. The predicted molar refractivity (Wildman–Crippen MR) is 59.1 cm³/mol. The lowest BCUT2D eigenvalue weighted by Gasteiger charge is -2.22. The first-order valence-electron chi connectivity index (χ1n) is 4.97. The molecule has 1 saturated heterocycles. The van der Waals surface area contributed by atoms with Crippen LogP contribution in [0.5, 0.6) is 0 Å². The molecule has 76 valence electrons. The van der Waals surface area contributed by atoms with E-state index in [1.165, 1.54) is 30.6 Å². The molecule has 0 bridgehead atoms. The fourth-order valence-corrected chi connectivity index (χ4v) is 2.55. The number of rotatable bonds is 6. The molecule has 1 unspecified atom stereocenters. The summed E-state index contributed by atoms with van der Waals surface area (Å²) >= 11 is 2.06. The molecular formula is C10H19NOS. The zero-order chi connectivity index (χ0) is 9.36. The molecular weight excluding hydrogens is 182 g/mol. The van der Waals surface area contributed by atoms with Gasteiger partial charge in [0.15, 0.2) is 0 Å². The van der Waals surface area contributed by atoms with Crippen molar-refractivity contribution < 1.29 is 4.74 Å². The van der Waals surface area contributed by atoms with Gasteiger partial charge in [-0.2, -0.15) is 11.8 Å². The van der Waals surface area contributed by atoms with Crippen LogP contribution >= 0.6 is 11.8 Å². The highest BCUT2D eigenvalue weighted by molar-refractivity contribution is 7.99. The van der Waals surface area contributed by atoms with Crippen LogP contribution in [-0.4, -0.2) is 30.7 Å². The summed E-state index contributed by atoms with van der Waals surface area (Å²) in [6.07, 6.45) is 5.30. The van der Waals surface area contributed by atoms with E-state index in [1.54, 1.807) is 0 Å². The SMILES string of the molecule is C=COCCCNC1CCCSC1. The molecule has 3 heteroatoms. The van der Waals surface area contributed by atoms with Crippen molar-refractivity contribution in [3.63, 3.8) is 0 Å². The molecule has 0 saturated carbocycles. The molecule has 1 atom stereocenters. The van der Waals surface area contributed by atoms with Gasteiger partial charge in [0, 0.05) is 11.8 Å². The third-order valence-electron chi connectivity index (χ3n) is 2.15. The molecule has 1 fully saturated rings. The molecule has 1 rings (SSSR count). The van der Waals surface area contributed by atoms with Crippen LogP contribution in [0.25, 0.3) is 0 Å². The van der Waals surface area contributed by atoms with Gasteiger partial charge in [-0.15, -0.1) is 0 Å². The third-order valence-corrected chi connectivity index (χ3v) is 3.37. The minimum atomic E-state index is 0.738. The lowest BCUT2D eigenvalue weighted by molar-refractivity contribution is 0.243. The average Bonchev–Trinajstić information content (AvgIpc) is 2.19. The quantitative estimate of drug-likeness (QED) is 0.525. The van der Waals surface area contributed by atoms with Gasteiger partial charge in [0.25, 0.3) is 0 Å². The zero-order valence-corrected chi connectivity index (χ0v) is 8.94. The van der Waals surface area contributed by atoms with Gasteiger partial charge in [0.2, 0.25) is 0 Å². The standard InChI is InChI=1S/C10H19NOS/c1-2-12-7-4-6-11-10-5-3-8-13-9-10/h2,10-11H,1,3-9H2. The second kappa shape index (κ2) is 7.27. The van der Waals surface area contributed by atoms with Gasteiger partial charge < -0.3 is 10.1 Å². The smallest absolute Gasteiger partial charge is 0.0885 e. The van der Waals surface area contributed by atoms with E-state index < -0.39 is 0 Å². The minimum absolute atomic E-state index is 0.738. The molecule has 0 aromatic heterocycles. The largest absolute Gasteiger partial charge is 0.502 e. The van der Waals surface area contributed by atoms with Crippen molar-refractivity contribution >= 4 is 11.8 Å². The van der Waals surface area contributed by atoms with Crippen molar-refractivity contribution in [2.24, 2.45) is 0 Å². The normalized spacial score (nSPS) is 22.6. The maximum Gasteiger partial charge on any atom is 0.0885 e. The number of ether oxygens (including phenoxy) is 1. The highest BCUT2D eigenvalue weighted by Crippen LogP contribution is 2.16. The maximum atomic E-state index is 5.04. The number of hydrogen-bond acceptors (Lipinski definition) is 3. The Morgan fingerprint density at radius 2 is 2.54 bits per heavy atom. The summed E-state index contributed by atoms with van der Waals surface area (Å²) in [5, 5.41) is 3.55. The van der Waals surface area contributed by atoms with Crippen LogP contribution in [0.15, 0.2) is 12.8 Å². The number of thioether (sulfide) groups is 1. The summed E-state index contributed by atoms with van der Waals surface area (Å²) < 4.78 is 5.04. The Kier molecular flexibility index (Phi) is 6.11. The zero-order valence-electron chi connectivity index (χ0n) is 8.13. The van der Waals surface area contributed by atoms with Crippen molar-refractivity contribution in [1.82, 2.24) is 5.32 Å². The van der Waals surface area contributed by atoms with Gasteiger partial charge in [0.05, 0.1) is 12.9 Å². The van der Waals surface area contributed by atoms with Gasteiger partial charge >= 0.3 is 0 Å². The summed E-state index contributed by atoms with van der Waals surface area (Å²) in [7, 11) is 0. The first-order valence-corrected chi connectivity index (χ1v) is 6.12. The summed E-state index contributed by atoms with van der Waals surface area (Å²) in [5.41, 5.74) is 0. The van der Waals surface area contributed by atoms with E-state index in [9.17, 15) is 0 Å². The van der Waals surface area contributed by atoms with E-state index in [0.717, 1.165) is 25.6 Å². The molecule has 0 aromatic carbocycles. The molecule has 1 aliphatic rings. The molecule has 1 aliphatic heterocycles. The fourth-order valence-electron chi connectivity index (χ4n) is 1.45. The van der Waals surface area contributed by atoms with Gasteiger partial charge in [-0.25, -0.2) is 0 Å². The van der Waals surface area contributed by atoms with Crippen LogP contribution < -0.4 is 5.32 Å². The topological polar surface area (TPSA) is 21.3 Å².